The Hall–Kier alpha value is -1.41. The van der Waals surface area contributed by atoms with Gasteiger partial charge in [-0.25, -0.2) is 22.7 Å². The molecule has 1 N–H and O–H groups in total. The molecule has 2 heterocycles. The molecule has 1 saturated carbocycles. The van der Waals surface area contributed by atoms with E-state index in [1.165, 1.54) is 9.87 Å². The number of sulfonamides is 1. The van der Waals surface area contributed by atoms with E-state index in [0.717, 1.165) is 30.9 Å². The second kappa shape index (κ2) is 6.48. The van der Waals surface area contributed by atoms with Gasteiger partial charge in [-0.2, -0.15) is 0 Å². The van der Waals surface area contributed by atoms with Crippen molar-refractivity contribution in [3.05, 3.63) is 11.9 Å². The summed E-state index contributed by atoms with van der Waals surface area (Å²) in [6.07, 6.45) is 4.33. The van der Waals surface area contributed by atoms with Crippen molar-refractivity contribution < 1.29 is 8.42 Å². The zero-order valence-electron chi connectivity index (χ0n) is 14.9. The van der Waals surface area contributed by atoms with Crippen LogP contribution < -0.4 is 10.2 Å². The van der Waals surface area contributed by atoms with Gasteiger partial charge in [0.05, 0.1) is 5.75 Å². The Labute approximate surface area is 144 Å². The fourth-order valence-electron chi connectivity index (χ4n) is 3.56. The van der Waals surface area contributed by atoms with Crippen LogP contribution in [0.3, 0.4) is 0 Å². The Kier molecular flexibility index (Phi) is 4.70. The monoisotopic (exact) mass is 353 g/mol. The molecule has 3 rings (SSSR count). The highest BCUT2D eigenvalue weighted by molar-refractivity contribution is 7.89. The van der Waals surface area contributed by atoms with Crippen molar-refractivity contribution >= 4 is 21.7 Å². The molecule has 24 heavy (non-hydrogen) atoms. The first-order chi connectivity index (χ1) is 11.3. The minimum Gasteiger partial charge on any atom is -0.367 e. The lowest BCUT2D eigenvalue weighted by atomic mass is 9.80. The average molecular weight is 353 g/mol. The van der Waals surface area contributed by atoms with Gasteiger partial charge in [-0.1, -0.05) is 6.92 Å². The highest BCUT2D eigenvalue weighted by atomic mass is 32.2. The molecule has 0 spiro atoms. The van der Waals surface area contributed by atoms with Gasteiger partial charge in [-0.05, 0) is 32.1 Å². The van der Waals surface area contributed by atoms with E-state index in [1.54, 1.807) is 13.4 Å². The molecule has 0 saturated heterocycles. The van der Waals surface area contributed by atoms with E-state index in [4.69, 9.17) is 0 Å². The predicted molar refractivity (Wildman–Crippen MR) is 95.8 cm³/mol. The summed E-state index contributed by atoms with van der Waals surface area (Å²) in [5.41, 5.74) is 1.18. The molecule has 8 heteroatoms. The maximum Gasteiger partial charge on any atom is 0.214 e. The molecule has 1 aliphatic carbocycles. The zero-order chi connectivity index (χ0) is 17.5. The van der Waals surface area contributed by atoms with Crippen LogP contribution in [-0.4, -0.2) is 61.2 Å². The van der Waals surface area contributed by atoms with Crippen LogP contribution in [0.2, 0.25) is 0 Å². The van der Waals surface area contributed by atoms with Crippen molar-refractivity contribution in [2.24, 2.45) is 5.92 Å². The number of anilines is 2. The molecule has 0 bridgehead atoms. The van der Waals surface area contributed by atoms with Crippen LogP contribution in [0.25, 0.3) is 0 Å². The fourth-order valence-corrected chi connectivity index (χ4v) is 5.07. The highest BCUT2D eigenvalue weighted by Gasteiger charge is 2.37. The number of hydrogen-bond donors (Lipinski definition) is 1. The lowest BCUT2D eigenvalue weighted by molar-refractivity contribution is 0.278. The SMILES string of the molecule is CCN(C)S(=O)(=O)C[C@H]1C[C@@H](N(C)c2ncnc3c2CC(C)N3)C1. The third-order valence-corrected chi connectivity index (χ3v) is 7.38. The highest BCUT2D eigenvalue weighted by Crippen LogP contribution is 2.37. The maximum atomic E-state index is 12.2. The minimum atomic E-state index is -3.12. The standard InChI is InChI=1S/C16H27N5O2S/c1-5-20(3)24(22,23)9-12-7-13(8-12)21(4)16-14-6-11(2)19-15(14)17-10-18-16/h10-13H,5-9H2,1-4H3,(H,17,18,19)/t11?,12-,13+. The van der Waals surface area contributed by atoms with Gasteiger partial charge in [-0.15, -0.1) is 0 Å². The number of rotatable bonds is 6. The number of nitrogens with zero attached hydrogens (tertiary/aromatic N) is 4. The van der Waals surface area contributed by atoms with Crippen molar-refractivity contribution in [2.75, 3.05) is 36.6 Å². The summed E-state index contributed by atoms with van der Waals surface area (Å²) in [7, 11) is 0.582. The van der Waals surface area contributed by atoms with Crippen LogP contribution in [0.1, 0.15) is 32.3 Å². The summed E-state index contributed by atoms with van der Waals surface area (Å²) in [6.45, 7) is 4.52. The van der Waals surface area contributed by atoms with E-state index in [2.05, 4.69) is 34.2 Å². The Morgan fingerprint density at radius 3 is 2.67 bits per heavy atom. The van der Waals surface area contributed by atoms with Crippen LogP contribution in [0.4, 0.5) is 11.6 Å². The molecule has 1 atom stereocenters. The predicted octanol–water partition coefficient (Wildman–Crippen LogP) is 1.33. The third-order valence-electron chi connectivity index (χ3n) is 5.28. The Morgan fingerprint density at radius 1 is 1.29 bits per heavy atom. The Balaban J connectivity index is 1.62. The summed E-state index contributed by atoms with van der Waals surface area (Å²) in [6, 6.07) is 0.736. The van der Waals surface area contributed by atoms with Crippen LogP contribution in [0.15, 0.2) is 6.33 Å². The van der Waals surface area contributed by atoms with Crippen molar-refractivity contribution in [2.45, 2.75) is 45.2 Å². The summed E-state index contributed by atoms with van der Waals surface area (Å²) >= 11 is 0. The smallest absolute Gasteiger partial charge is 0.214 e. The third kappa shape index (κ3) is 3.21. The number of aromatic nitrogens is 2. The van der Waals surface area contributed by atoms with Gasteiger partial charge < -0.3 is 10.2 Å². The van der Waals surface area contributed by atoms with Gasteiger partial charge in [-0.3, -0.25) is 0 Å². The molecule has 2 aliphatic rings. The van der Waals surface area contributed by atoms with E-state index >= 15 is 0 Å². The molecule has 134 valence electrons. The number of hydrogen-bond acceptors (Lipinski definition) is 6. The Bertz CT molecular complexity index is 702. The van der Waals surface area contributed by atoms with E-state index < -0.39 is 10.0 Å². The maximum absolute atomic E-state index is 12.2. The molecule has 0 amide bonds. The second-order valence-corrected chi connectivity index (χ2v) is 9.19. The van der Waals surface area contributed by atoms with Gasteiger partial charge in [0.2, 0.25) is 10.0 Å². The molecular formula is C16H27N5O2S. The van der Waals surface area contributed by atoms with Gasteiger partial charge in [0.1, 0.15) is 18.0 Å². The summed E-state index contributed by atoms with van der Waals surface area (Å²) in [5.74, 6) is 2.40. The van der Waals surface area contributed by atoms with E-state index in [1.807, 2.05) is 6.92 Å². The molecule has 1 unspecified atom stereocenters. The first-order valence-corrected chi connectivity index (χ1v) is 10.2. The zero-order valence-corrected chi connectivity index (χ0v) is 15.7. The van der Waals surface area contributed by atoms with Gasteiger partial charge in [0, 0.05) is 38.3 Å². The van der Waals surface area contributed by atoms with Gasteiger partial charge in [0.25, 0.3) is 0 Å². The first-order valence-electron chi connectivity index (χ1n) is 8.59. The summed E-state index contributed by atoms with van der Waals surface area (Å²) in [5, 5.41) is 3.36. The second-order valence-electron chi connectivity index (χ2n) is 7.07. The largest absolute Gasteiger partial charge is 0.367 e. The molecule has 1 aromatic heterocycles. The quantitative estimate of drug-likeness (QED) is 0.831. The van der Waals surface area contributed by atoms with Crippen molar-refractivity contribution in [1.29, 1.82) is 0 Å². The van der Waals surface area contributed by atoms with E-state index in [-0.39, 0.29) is 11.7 Å². The molecule has 7 nitrogen and oxygen atoms in total. The average Bonchev–Trinajstić information content (AvgIpc) is 2.88. The number of nitrogens with one attached hydrogen (secondary N) is 1. The molecule has 0 radical (unpaired) electrons. The lowest BCUT2D eigenvalue weighted by Gasteiger charge is -2.42. The van der Waals surface area contributed by atoms with Gasteiger partial charge in [0.15, 0.2) is 0 Å². The topological polar surface area (TPSA) is 78.4 Å². The summed E-state index contributed by atoms with van der Waals surface area (Å²) in [4.78, 5) is 11.0. The lowest BCUT2D eigenvalue weighted by Crippen LogP contribution is -2.46. The molecule has 1 aliphatic heterocycles. The molecule has 1 fully saturated rings. The number of fused-ring (bicyclic) bond motifs is 1. The molecule has 0 aromatic carbocycles. The minimum absolute atomic E-state index is 0.239. The normalized spacial score (nSPS) is 26.0. The van der Waals surface area contributed by atoms with Crippen LogP contribution in [0.5, 0.6) is 0 Å². The van der Waals surface area contributed by atoms with Crippen LogP contribution >= 0.6 is 0 Å². The summed E-state index contributed by atoms with van der Waals surface area (Å²) < 4.78 is 25.8. The fraction of sp³-hybridized carbons (Fsp3) is 0.750. The van der Waals surface area contributed by atoms with E-state index in [9.17, 15) is 8.42 Å². The van der Waals surface area contributed by atoms with Crippen molar-refractivity contribution in [1.82, 2.24) is 14.3 Å². The molecule has 1 aromatic rings. The van der Waals surface area contributed by atoms with E-state index in [0.29, 0.717) is 18.6 Å². The molecular weight excluding hydrogens is 326 g/mol. The van der Waals surface area contributed by atoms with Crippen molar-refractivity contribution in [3.8, 4) is 0 Å². The van der Waals surface area contributed by atoms with Crippen molar-refractivity contribution in [3.63, 3.8) is 0 Å². The van der Waals surface area contributed by atoms with Crippen LogP contribution in [0, 0.1) is 5.92 Å². The van der Waals surface area contributed by atoms with Gasteiger partial charge >= 0.3 is 0 Å². The van der Waals surface area contributed by atoms with Crippen LogP contribution in [-0.2, 0) is 16.4 Å². The Morgan fingerprint density at radius 2 is 2.00 bits per heavy atom. The first kappa shape index (κ1) is 17.4.